The Morgan fingerprint density at radius 2 is 1.48 bits per heavy atom. The van der Waals surface area contributed by atoms with Crippen LogP contribution in [0.25, 0.3) is 0 Å². The molecule has 0 saturated carbocycles. The molecule has 3 aromatic rings. The topological polar surface area (TPSA) is 49.3 Å². The molecule has 158 valence electrons. The number of aromatic carboxylic acids is 1. The van der Waals surface area contributed by atoms with Gasteiger partial charge in [0.25, 0.3) is 0 Å². The van der Waals surface area contributed by atoms with Gasteiger partial charge in [-0.2, -0.15) is 0 Å². The minimum Gasteiger partial charge on any atom is -0.478 e. The summed E-state index contributed by atoms with van der Waals surface area (Å²) in [6.45, 7) is 4.84. The van der Waals surface area contributed by atoms with E-state index in [2.05, 4.69) is 60.5 Å². The van der Waals surface area contributed by atoms with E-state index in [1.54, 1.807) is 6.07 Å². The summed E-state index contributed by atoms with van der Waals surface area (Å²) in [6, 6.07) is 22.1. The molecule has 0 spiro atoms. The molecule has 0 unspecified atom stereocenters. The van der Waals surface area contributed by atoms with Gasteiger partial charge in [0.15, 0.2) is 0 Å². The summed E-state index contributed by atoms with van der Waals surface area (Å²) < 4.78 is 0. The number of nitrogens with one attached hydrogen (secondary N) is 1. The average molecular weight is 412 g/mol. The lowest BCUT2D eigenvalue weighted by molar-refractivity contribution is 0.0696. The first-order chi connectivity index (χ1) is 15.1. The highest BCUT2D eigenvalue weighted by Crippen LogP contribution is 2.18. The zero-order chi connectivity index (χ0) is 22.1. The van der Waals surface area contributed by atoms with E-state index in [0.29, 0.717) is 18.5 Å². The minimum absolute atomic E-state index is 0.367. The summed E-state index contributed by atoms with van der Waals surface area (Å²) in [5.41, 5.74) is 6.65. The summed E-state index contributed by atoms with van der Waals surface area (Å²) in [5.74, 6) is 5.58. The predicted octanol–water partition coefficient (Wildman–Crippen LogP) is 6.30. The minimum atomic E-state index is -0.882. The fourth-order valence-electron chi connectivity index (χ4n) is 3.39. The second-order valence-corrected chi connectivity index (χ2v) is 7.63. The Kier molecular flexibility index (Phi) is 7.90. The molecule has 0 saturated heterocycles. The van der Waals surface area contributed by atoms with Crippen molar-refractivity contribution in [1.82, 2.24) is 0 Å². The van der Waals surface area contributed by atoms with E-state index < -0.39 is 5.97 Å². The average Bonchev–Trinajstić information content (AvgIpc) is 2.81. The van der Waals surface area contributed by atoms with Gasteiger partial charge < -0.3 is 10.4 Å². The van der Waals surface area contributed by atoms with Crippen LogP contribution in [0.5, 0.6) is 0 Å². The van der Waals surface area contributed by atoms with E-state index in [-0.39, 0.29) is 0 Å². The number of anilines is 1. The van der Waals surface area contributed by atoms with Gasteiger partial charge >= 0.3 is 5.97 Å². The van der Waals surface area contributed by atoms with Crippen molar-refractivity contribution in [3.05, 3.63) is 100 Å². The molecule has 0 fully saturated rings. The third-order valence-electron chi connectivity index (χ3n) is 5.29. The highest BCUT2D eigenvalue weighted by atomic mass is 16.4. The molecular weight excluding hydrogens is 382 g/mol. The monoisotopic (exact) mass is 411 g/mol. The lowest BCUT2D eigenvalue weighted by Crippen LogP contribution is -2.04. The van der Waals surface area contributed by atoms with Gasteiger partial charge in [-0.1, -0.05) is 56.4 Å². The fraction of sp³-hybridized carbons (Fsp3) is 0.250. The van der Waals surface area contributed by atoms with E-state index in [4.69, 9.17) is 0 Å². The van der Waals surface area contributed by atoms with Crippen LogP contribution in [0.3, 0.4) is 0 Å². The van der Waals surface area contributed by atoms with Crippen molar-refractivity contribution >= 4 is 11.7 Å². The molecule has 3 heteroatoms. The predicted molar refractivity (Wildman–Crippen MR) is 128 cm³/mol. The van der Waals surface area contributed by atoms with Gasteiger partial charge in [0.1, 0.15) is 0 Å². The van der Waals surface area contributed by atoms with Crippen molar-refractivity contribution < 1.29 is 9.90 Å². The summed E-state index contributed by atoms with van der Waals surface area (Å²) in [6.07, 6.45) is 4.25. The molecule has 3 nitrogen and oxygen atoms in total. The molecule has 0 heterocycles. The summed E-state index contributed by atoms with van der Waals surface area (Å²) in [4.78, 5) is 11.3. The summed E-state index contributed by atoms with van der Waals surface area (Å²) in [7, 11) is 0. The van der Waals surface area contributed by atoms with E-state index >= 15 is 0 Å². The standard InChI is InChI=1S/C28H29NO2/c1-3-5-6-21-7-9-22(10-8-21)11-12-23-13-15-24(16-14-23)20-29-26-17-18-27(28(30)31)25(4-2)19-26/h7-10,13-19,29H,3-6,20H2,1-2H3,(H,30,31). The number of carbonyl (C=O) groups is 1. The number of unbranched alkanes of at least 4 members (excludes halogenated alkanes) is 1. The Labute approximate surface area is 185 Å². The third-order valence-corrected chi connectivity index (χ3v) is 5.29. The largest absolute Gasteiger partial charge is 0.478 e. The highest BCUT2D eigenvalue weighted by molar-refractivity contribution is 5.90. The van der Waals surface area contributed by atoms with Gasteiger partial charge in [0, 0.05) is 23.4 Å². The Morgan fingerprint density at radius 3 is 2.03 bits per heavy atom. The molecule has 3 rings (SSSR count). The first-order valence-electron chi connectivity index (χ1n) is 10.9. The van der Waals surface area contributed by atoms with Crippen LogP contribution < -0.4 is 5.32 Å². The maximum absolute atomic E-state index is 11.3. The Morgan fingerprint density at radius 1 is 0.871 bits per heavy atom. The molecule has 3 aromatic carbocycles. The molecular formula is C28H29NO2. The number of hydrogen-bond acceptors (Lipinski definition) is 2. The molecule has 0 radical (unpaired) electrons. The maximum Gasteiger partial charge on any atom is 0.335 e. The van der Waals surface area contributed by atoms with Crippen molar-refractivity contribution in [1.29, 1.82) is 0 Å². The van der Waals surface area contributed by atoms with E-state index in [1.807, 2.05) is 31.2 Å². The van der Waals surface area contributed by atoms with E-state index in [0.717, 1.165) is 34.4 Å². The normalized spacial score (nSPS) is 10.3. The first-order valence-corrected chi connectivity index (χ1v) is 10.9. The second kappa shape index (κ2) is 11.0. The Balaban J connectivity index is 1.59. The van der Waals surface area contributed by atoms with Crippen molar-refractivity contribution in [2.45, 2.75) is 46.1 Å². The molecule has 0 bridgehead atoms. The number of carboxylic acids is 1. The second-order valence-electron chi connectivity index (χ2n) is 7.63. The molecule has 0 aliphatic rings. The number of carboxylic acid groups (broad SMARTS) is 1. The molecule has 0 aromatic heterocycles. The molecule has 0 amide bonds. The van der Waals surface area contributed by atoms with Crippen LogP contribution in [0.4, 0.5) is 5.69 Å². The lowest BCUT2D eigenvalue weighted by Gasteiger charge is -2.10. The lowest BCUT2D eigenvalue weighted by atomic mass is 10.0. The fourth-order valence-corrected chi connectivity index (χ4v) is 3.39. The van der Waals surface area contributed by atoms with Gasteiger partial charge in [0.2, 0.25) is 0 Å². The van der Waals surface area contributed by atoms with Gasteiger partial charge in [-0.05, 0) is 78.4 Å². The third kappa shape index (κ3) is 6.49. The van der Waals surface area contributed by atoms with Crippen molar-refractivity contribution in [2.75, 3.05) is 5.32 Å². The van der Waals surface area contributed by atoms with Crippen LogP contribution in [0, 0.1) is 11.8 Å². The van der Waals surface area contributed by atoms with Gasteiger partial charge in [0.05, 0.1) is 5.56 Å². The number of rotatable bonds is 8. The number of hydrogen-bond donors (Lipinski definition) is 2. The van der Waals surface area contributed by atoms with Gasteiger partial charge in [-0.15, -0.1) is 0 Å². The SMILES string of the molecule is CCCCc1ccc(C#Cc2ccc(CNc3ccc(C(=O)O)c(CC)c3)cc2)cc1. The van der Waals surface area contributed by atoms with Crippen LogP contribution in [0.15, 0.2) is 66.7 Å². The van der Waals surface area contributed by atoms with Crippen LogP contribution in [0.2, 0.25) is 0 Å². The molecule has 31 heavy (non-hydrogen) atoms. The van der Waals surface area contributed by atoms with E-state index in [1.165, 1.54) is 18.4 Å². The smallest absolute Gasteiger partial charge is 0.335 e. The van der Waals surface area contributed by atoms with E-state index in [9.17, 15) is 9.90 Å². The molecule has 2 N–H and O–H groups in total. The number of aryl methyl sites for hydroxylation is 2. The summed E-state index contributed by atoms with van der Waals surface area (Å²) in [5, 5.41) is 12.6. The molecule has 0 atom stereocenters. The summed E-state index contributed by atoms with van der Waals surface area (Å²) >= 11 is 0. The molecule has 0 aliphatic heterocycles. The van der Waals surface area contributed by atoms with Crippen molar-refractivity contribution in [2.24, 2.45) is 0 Å². The van der Waals surface area contributed by atoms with Crippen LogP contribution >= 0.6 is 0 Å². The highest BCUT2D eigenvalue weighted by Gasteiger charge is 2.09. The molecule has 0 aliphatic carbocycles. The van der Waals surface area contributed by atoms with Gasteiger partial charge in [-0.3, -0.25) is 0 Å². The van der Waals surface area contributed by atoms with Gasteiger partial charge in [-0.25, -0.2) is 4.79 Å². The maximum atomic E-state index is 11.3. The van der Waals surface area contributed by atoms with Crippen LogP contribution in [-0.2, 0) is 19.4 Å². The van der Waals surface area contributed by atoms with Crippen LogP contribution in [0.1, 0.15) is 64.9 Å². The van der Waals surface area contributed by atoms with Crippen molar-refractivity contribution in [3.8, 4) is 11.8 Å². The Hall–Kier alpha value is -3.51. The van der Waals surface area contributed by atoms with Crippen LogP contribution in [-0.4, -0.2) is 11.1 Å². The Bertz CT molecular complexity index is 1070. The zero-order valence-corrected chi connectivity index (χ0v) is 18.2. The van der Waals surface area contributed by atoms with Crippen molar-refractivity contribution in [3.63, 3.8) is 0 Å². The zero-order valence-electron chi connectivity index (χ0n) is 18.2. The first kappa shape index (κ1) is 22.2. The number of benzene rings is 3. The quantitative estimate of drug-likeness (QED) is 0.428.